The second-order valence-corrected chi connectivity index (χ2v) is 3.26. The summed E-state index contributed by atoms with van der Waals surface area (Å²) in [5.41, 5.74) is 1.51. The highest BCUT2D eigenvalue weighted by Gasteiger charge is 2.06. The molecule has 7 heteroatoms. The van der Waals surface area contributed by atoms with Crippen LogP contribution < -0.4 is 0 Å². The topological polar surface area (TPSA) is 89.6 Å². The number of carboxylic acid groups (broad SMARTS) is 1. The molecule has 2 aromatic rings. The van der Waals surface area contributed by atoms with E-state index >= 15 is 0 Å². The summed E-state index contributed by atoms with van der Waals surface area (Å²) in [6, 6.07) is 1.79. The fourth-order valence-electron chi connectivity index (χ4n) is 1.26. The van der Waals surface area contributed by atoms with E-state index in [-0.39, 0.29) is 13.2 Å². The van der Waals surface area contributed by atoms with Crippen LogP contribution >= 0.6 is 0 Å². The molecule has 0 aliphatic heterocycles. The fraction of sp³-hybridized carbons (Fsp3) is 0.333. The standard InChI is InChI=1S/C9H10N4O3/c1-6-2-7-11-12-8(13(7)5-10-6)3-16-4-9(14)15/h2,5H,3-4H2,1H3,(H,14,15). The zero-order valence-electron chi connectivity index (χ0n) is 8.62. The number of hydrogen-bond acceptors (Lipinski definition) is 5. The number of rotatable bonds is 4. The quantitative estimate of drug-likeness (QED) is 0.785. The van der Waals surface area contributed by atoms with Gasteiger partial charge in [-0.2, -0.15) is 0 Å². The lowest BCUT2D eigenvalue weighted by Crippen LogP contribution is -2.08. The van der Waals surface area contributed by atoms with Crippen molar-refractivity contribution in [3.05, 3.63) is 23.9 Å². The maximum atomic E-state index is 10.3. The molecule has 0 saturated heterocycles. The van der Waals surface area contributed by atoms with E-state index < -0.39 is 5.97 Å². The van der Waals surface area contributed by atoms with Crippen molar-refractivity contribution in [2.75, 3.05) is 6.61 Å². The number of aromatic nitrogens is 4. The highest BCUT2D eigenvalue weighted by Crippen LogP contribution is 2.04. The minimum absolute atomic E-state index is 0.0954. The Morgan fingerprint density at radius 3 is 3.12 bits per heavy atom. The molecule has 0 radical (unpaired) electrons. The molecular weight excluding hydrogens is 212 g/mol. The van der Waals surface area contributed by atoms with Crippen LogP contribution in [0.15, 0.2) is 12.4 Å². The third-order valence-corrected chi connectivity index (χ3v) is 1.96. The van der Waals surface area contributed by atoms with Crippen LogP contribution in [0.4, 0.5) is 0 Å². The van der Waals surface area contributed by atoms with Gasteiger partial charge in [0.2, 0.25) is 0 Å². The van der Waals surface area contributed by atoms with Crippen LogP contribution in [-0.4, -0.2) is 37.3 Å². The van der Waals surface area contributed by atoms with Gasteiger partial charge in [0.15, 0.2) is 11.5 Å². The molecule has 2 aromatic heterocycles. The molecule has 0 unspecified atom stereocenters. The van der Waals surface area contributed by atoms with Crippen molar-refractivity contribution in [2.45, 2.75) is 13.5 Å². The second kappa shape index (κ2) is 4.23. The molecule has 2 heterocycles. The summed E-state index contributed by atoms with van der Waals surface area (Å²) in [5.74, 6) is -0.480. The third-order valence-electron chi connectivity index (χ3n) is 1.96. The largest absolute Gasteiger partial charge is 0.480 e. The first kappa shape index (κ1) is 10.5. The number of aryl methyl sites for hydroxylation is 1. The molecule has 84 valence electrons. The van der Waals surface area contributed by atoms with Gasteiger partial charge in [-0.1, -0.05) is 0 Å². The highest BCUT2D eigenvalue weighted by molar-refractivity contribution is 5.67. The molecule has 0 atom stereocenters. The van der Waals surface area contributed by atoms with Gasteiger partial charge in [0.1, 0.15) is 19.5 Å². The minimum Gasteiger partial charge on any atom is -0.480 e. The van der Waals surface area contributed by atoms with Gasteiger partial charge < -0.3 is 9.84 Å². The average molecular weight is 222 g/mol. The number of aliphatic carboxylic acids is 1. The predicted molar refractivity (Wildman–Crippen MR) is 52.8 cm³/mol. The first-order chi connectivity index (χ1) is 7.66. The molecule has 0 spiro atoms. The van der Waals surface area contributed by atoms with Crippen LogP contribution in [0.25, 0.3) is 5.65 Å². The summed E-state index contributed by atoms with van der Waals surface area (Å²) >= 11 is 0. The number of ether oxygens (including phenoxy) is 1. The smallest absolute Gasteiger partial charge is 0.329 e. The van der Waals surface area contributed by atoms with Gasteiger partial charge in [0.25, 0.3) is 0 Å². The van der Waals surface area contributed by atoms with Crippen molar-refractivity contribution in [1.82, 2.24) is 19.6 Å². The van der Waals surface area contributed by atoms with E-state index in [1.54, 1.807) is 16.8 Å². The molecule has 2 rings (SSSR count). The van der Waals surface area contributed by atoms with Gasteiger partial charge in [-0.05, 0) is 6.92 Å². The predicted octanol–water partition coefficient (Wildman–Crippen LogP) is 0.0339. The molecule has 0 aliphatic rings. The minimum atomic E-state index is -1.01. The van der Waals surface area contributed by atoms with Crippen molar-refractivity contribution < 1.29 is 14.6 Å². The molecular formula is C9H10N4O3. The molecule has 0 aliphatic carbocycles. The first-order valence-corrected chi connectivity index (χ1v) is 4.62. The lowest BCUT2D eigenvalue weighted by atomic mass is 10.4. The Morgan fingerprint density at radius 1 is 1.56 bits per heavy atom. The van der Waals surface area contributed by atoms with Crippen LogP contribution in [0.3, 0.4) is 0 Å². The summed E-state index contributed by atoms with van der Waals surface area (Å²) < 4.78 is 6.59. The molecule has 0 amide bonds. The average Bonchev–Trinajstić information content (AvgIpc) is 2.60. The molecule has 0 bridgehead atoms. The van der Waals surface area contributed by atoms with Crippen molar-refractivity contribution >= 4 is 11.6 Å². The molecule has 0 fully saturated rings. The summed E-state index contributed by atoms with van der Waals surface area (Å²) in [4.78, 5) is 14.4. The lowest BCUT2D eigenvalue weighted by molar-refractivity contribution is -0.142. The Morgan fingerprint density at radius 2 is 2.38 bits per heavy atom. The van der Waals surface area contributed by atoms with Gasteiger partial charge in [0, 0.05) is 11.8 Å². The van der Waals surface area contributed by atoms with Crippen LogP contribution in [-0.2, 0) is 16.1 Å². The van der Waals surface area contributed by atoms with Gasteiger partial charge in [-0.25, -0.2) is 9.78 Å². The van der Waals surface area contributed by atoms with E-state index in [4.69, 9.17) is 9.84 Å². The normalized spacial score (nSPS) is 10.8. The van der Waals surface area contributed by atoms with E-state index in [0.29, 0.717) is 11.5 Å². The van der Waals surface area contributed by atoms with Crippen LogP contribution in [0.5, 0.6) is 0 Å². The maximum absolute atomic E-state index is 10.3. The molecule has 1 N–H and O–H groups in total. The molecule has 16 heavy (non-hydrogen) atoms. The van der Waals surface area contributed by atoms with E-state index in [1.807, 2.05) is 6.92 Å². The number of fused-ring (bicyclic) bond motifs is 1. The number of carbonyl (C=O) groups is 1. The molecule has 0 aromatic carbocycles. The van der Waals surface area contributed by atoms with Crippen molar-refractivity contribution in [2.24, 2.45) is 0 Å². The third kappa shape index (κ3) is 2.14. The first-order valence-electron chi connectivity index (χ1n) is 4.62. The van der Waals surface area contributed by atoms with E-state index in [1.165, 1.54) is 0 Å². The van der Waals surface area contributed by atoms with Crippen molar-refractivity contribution in [1.29, 1.82) is 0 Å². The Kier molecular flexibility index (Phi) is 2.78. The fourth-order valence-corrected chi connectivity index (χ4v) is 1.26. The van der Waals surface area contributed by atoms with Gasteiger partial charge in [-0.15, -0.1) is 10.2 Å². The van der Waals surface area contributed by atoms with Gasteiger partial charge in [0.05, 0.1) is 0 Å². The lowest BCUT2D eigenvalue weighted by Gasteiger charge is -1.99. The Labute approximate surface area is 90.7 Å². The highest BCUT2D eigenvalue weighted by atomic mass is 16.5. The monoisotopic (exact) mass is 222 g/mol. The zero-order chi connectivity index (χ0) is 11.5. The number of carboxylic acids is 1. The Balaban J connectivity index is 2.15. The molecule has 7 nitrogen and oxygen atoms in total. The van der Waals surface area contributed by atoms with Gasteiger partial charge >= 0.3 is 5.97 Å². The van der Waals surface area contributed by atoms with Crippen molar-refractivity contribution in [3.63, 3.8) is 0 Å². The Hall–Kier alpha value is -2.02. The Bertz CT molecular complexity index is 522. The summed E-state index contributed by atoms with van der Waals surface area (Å²) in [6.07, 6.45) is 1.59. The van der Waals surface area contributed by atoms with Crippen LogP contribution in [0.2, 0.25) is 0 Å². The summed E-state index contributed by atoms with van der Waals surface area (Å²) in [6.45, 7) is 1.60. The maximum Gasteiger partial charge on any atom is 0.329 e. The zero-order valence-corrected chi connectivity index (χ0v) is 8.62. The second-order valence-electron chi connectivity index (χ2n) is 3.26. The number of nitrogens with zero attached hydrogens (tertiary/aromatic N) is 4. The van der Waals surface area contributed by atoms with E-state index in [0.717, 1.165) is 5.69 Å². The SMILES string of the molecule is Cc1cc2nnc(COCC(=O)O)n2cn1. The van der Waals surface area contributed by atoms with Crippen LogP contribution in [0, 0.1) is 6.92 Å². The van der Waals surface area contributed by atoms with Crippen molar-refractivity contribution in [3.8, 4) is 0 Å². The molecule has 0 saturated carbocycles. The summed E-state index contributed by atoms with van der Waals surface area (Å²) in [7, 11) is 0. The summed E-state index contributed by atoms with van der Waals surface area (Å²) in [5, 5.41) is 16.2. The van der Waals surface area contributed by atoms with Gasteiger partial charge in [-0.3, -0.25) is 4.40 Å². The van der Waals surface area contributed by atoms with Crippen LogP contribution in [0.1, 0.15) is 11.5 Å². The van der Waals surface area contributed by atoms with E-state index in [2.05, 4.69) is 15.2 Å². The number of hydrogen-bond donors (Lipinski definition) is 1. The van der Waals surface area contributed by atoms with E-state index in [9.17, 15) is 4.79 Å².